The van der Waals surface area contributed by atoms with Crippen molar-refractivity contribution in [3.8, 4) is 11.8 Å². The number of rotatable bonds is 5. The minimum absolute atomic E-state index is 0.00335. The van der Waals surface area contributed by atoms with E-state index in [0.717, 1.165) is 17.7 Å². The molecule has 0 bridgehead atoms. The third-order valence-electron chi connectivity index (χ3n) is 4.82. The number of nitrogens with one attached hydrogen (secondary N) is 4. The lowest BCUT2D eigenvalue weighted by atomic mass is 10.1. The SMILES string of the molecule is Cc1ccc(NC(=O)Nc2cccc(C(F)(F)F)c2)cc1C#CC(=N)c1c(N)ncnc1NC(C)C. The van der Waals surface area contributed by atoms with Gasteiger partial charge in [-0.2, -0.15) is 13.2 Å². The lowest BCUT2D eigenvalue weighted by molar-refractivity contribution is -0.137. The molecule has 1 aromatic heterocycles. The van der Waals surface area contributed by atoms with Gasteiger partial charge < -0.3 is 21.7 Å². The predicted octanol–water partition coefficient (Wildman–Crippen LogP) is 5.27. The molecular formula is C25H24F3N7O. The van der Waals surface area contributed by atoms with Crippen molar-refractivity contribution in [3.05, 3.63) is 71.0 Å². The zero-order valence-electron chi connectivity index (χ0n) is 19.7. The fourth-order valence-corrected chi connectivity index (χ4v) is 3.12. The van der Waals surface area contributed by atoms with Crippen molar-refractivity contribution < 1.29 is 18.0 Å². The van der Waals surface area contributed by atoms with E-state index in [0.29, 0.717) is 17.1 Å². The Morgan fingerprint density at radius 3 is 2.44 bits per heavy atom. The Hall–Kier alpha value is -4.59. The Kier molecular flexibility index (Phi) is 7.79. The van der Waals surface area contributed by atoms with Gasteiger partial charge in [0.25, 0.3) is 0 Å². The van der Waals surface area contributed by atoms with Crippen molar-refractivity contribution in [2.45, 2.75) is 33.0 Å². The number of nitrogens with two attached hydrogens (primary N) is 1. The number of benzene rings is 2. The van der Waals surface area contributed by atoms with E-state index in [1.807, 2.05) is 20.8 Å². The molecule has 0 aliphatic heterocycles. The summed E-state index contributed by atoms with van der Waals surface area (Å²) in [7, 11) is 0. The highest BCUT2D eigenvalue weighted by molar-refractivity contribution is 6.16. The van der Waals surface area contributed by atoms with Gasteiger partial charge in [0.2, 0.25) is 0 Å². The van der Waals surface area contributed by atoms with E-state index in [9.17, 15) is 18.0 Å². The van der Waals surface area contributed by atoms with E-state index in [4.69, 9.17) is 11.1 Å². The maximum atomic E-state index is 12.9. The minimum atomic E-state index is -4.52. The molecule has 36 heavy (non-hydrogen) atoms. The maximum Gasteiger partial charge on any atom is 0.416 e. The Morgan fingerprint density at radius 1 is 1.08 bits per heavy atom. The first-order chi connectivity index (χ1) is 16.9. The number of halogens is 3. The summed E-state index contributed by atoms with van der Waals surface area (Å²) in [5.41, 5.74) is 6.97. The van der Waals surface area contributed by atoms with E-state index in [2.05, 4.69) is 37.8 Å². The monoisotopic (exact) mass is 495 g/mol. The highest BCUT2D eigenvalue weighted by atomic mass is 19.4. The summed E-state index contributed by atoms with van der Waals surface area (Å²) in [4.78, 5) is 20.4. The molecular weight excluding hydrogens is 471 g/mol. The largest absolute Gasteiger partial charge is 0.416 e. The number of carbonyl (C=O) groups is 1. The minimum Gasteiger partial charge on any atom is -0.383 e. The zero-order valence-corrected chi connectivity index (χ0v) is 19.7. The second kappa shape index (κ2) is 10.8. The smallest absolute Gasteiger partial charge is 0.383 e. The van der Waals surface area contributed by atoms with Crippen LogP contribution in [0.5, 0.6) is 0 Å². The Labute approximate surface area is 206 Å². The summed E-state index contributed by atoms with van der Waals surface area (Å²) in [6.07, 6.45) is -3.22. The van der Waals surface area contributed by atoms with Crippen molar-refractivity contribution >= 4 is 34.8 Å². The van der Waals surface area contributed by atoms with Gasteiger partial charge in [-0.25, -0.2) is 14.8 Å². The normalized spacial score (nSPS) is 10.9. The standard InChI is InChI=1S/C25H24F3N7O/c1-14(2)33-23-21(22(30)31-13-32-23)20(29)10-8-16-11-19(9-7-15(16)3)35-24(36)34-18-6-4-5-17(12-18)25(26,27)28/h4-7,9,11-14,29H,1-3H3,(H2,34,35,36)(H3,30,31,32,33). The molecule has 0 saturated heterocycles. The number of aromatic nitrogens is 2. The molecule has 0 fully saturated rings. The van der Waals surface area contributed by atoms with Crippen molar-refractivity contribution in [1.29, 1.82) is 5.41 Å². The van der Waals surface area contributed by atoms with Crippen molar-refractivity contribution in [2.75, 3.05) is 21.7 Å². The maximum absolute atomic E-state index is 12.9. The third kappa shape index (κ3) is 6.73. The van der Waals surface area contributed by atoms with Crippen LogP contribution in [0, 0.1) is 24.2 Å². The van der Waals surface area contributed by atoms with Crippen molar-refractivity contribution in [2.24, 2.45) is 0 Å². The van der Waals surface area contributed by atoms with Gasteiger partial charge in [0.15, 0.2) is 0 Å². The molecule has 6 N–H and O–H groups in total. The number of nitrogen functional groups attached to an aromatic ring is 1. The van der Waals surface area contributed by atoms with Crippen molar-refractivity contribution in [1.82, 2.24) is 9.97 Å². The lowest BCUT2D eigenvalue weighted by Gasteiger charge is -2.13. The average molecular weight is 496 g/mol. The van der Waals surface area contributed by atoms with E-state index < -0.39 is 17.8 Å². The molecule has 0 unspecified atom stereocenters. The number of amides is 2. The first-order valence-corrected chi connectivity index (χ1v) is 10.8. The molecule has 0 aliphatic carbocycles. The number of anilines is 4. The number of hydrogen-bond acceptors (Lipinski definition) is 6. The van der Waals surface area contributed by atoms with Gasteiger partial charge in [0.1, 0.15) is 23.7 Å². The van der Waals surface area contributed by atoms with Gasteiger partial charge in [-0.05, 0) is 62.6 Å². The predicted molar refractivity (Wildman–Crippen MR) is 134 cm³/mol. The van der Waals surface area contributed by atoms with Gasteiger partial charge >= 0.3 is 12.2 Å². The van der Waals surface area contributed by atoms with Gasteiger partial charge in [-0.15, -0.1) is 0 Å². The van der Waals surface area contributed by atoms with Crippen LogP contribution in [0.25, 0.3) is 0 Å². The summed E-state index contributed by atoms with van der Waals surface area (Å²) in [6.45, 7) is 5.65. The van der Waals surface area contributed by atoms with Crippen LogP contribution < -0.4 is 21.7 Å². The molecule has 0 radical (unpaired) electrons. The fourth-order valence-electron chi connectivity index (χ4n) is 3.12. The molecule has 1 heterocycles. The molecule has 2 aromatic carbocycles. The summed E-state index contributed by atoms with van der Waals surface area (Å²) >= 11 is 0. The summed E-state index contributed by atoms with van der Waals surface area (Å²) in [6, 6.07) is 8.60. The molecule has 0 saturated carbocycles. The van der Waals surface area contributed by atoms with Gasteiger partial charge in [0.05, 0.1) is 11.1 Å². The number of urea groups is 1. The van der Waals surface area contributed by atoms with E-state index in [1.165, 1.54) is 18.5 Å². The number of alkyl halides is 3. The molecule has 3 rings (SSSR count). The quantitative estimate of drug-likeness (QED) is 0.243. The molecule has 2 amide bonds. The highest BCUT2D eigenvalue weighted by Crippen LogP contribution is 2.30. The first-order valence-electron chi connectivity index (χ1n) is 10.8. The molecule has 0 spiro atoms. The molecule has 8 nitrogen and oxygen atoms in total. The zero-order chi connectivity index (χ0) is 26.5. The van der Waals surface area contributed by atoms with Crippen molar-refractivity contribution in [3.63, 3.8) is 0 Å². The van der Waals surface area contributed by atoms with Crippen LogP contribution in [0.2, 0.25) is 0 Å². The molecule has 11 heteroatoms. The number of hydrogen-bond donors (Lipinski definition) is 5. The van der Waals surface area contributed by atoms with Gasteiger partial charge in [-0.3, -0.25) is 5.41 Å². The molecule has 0 aliphatic rings. The highest BCUT2D eigenvalue weighted by Gasteiger charge is 2.30. The Bertz CT molecular complexity index is 1360. The van der Waals surface area contributed by atoms with Crippen LogP contribution in [0.1, 0.15) is 36.1 Å². The van der Waals surface area contributed by atoms with Crippen LogP contribution >= 0.6 is 0 Å². The fraction of sp³-hybridized carbons (Fsp3) is 0.200. The molecule has 186 valence electrons. The van der Waals surface area contributed by atoms with E-state index >= 15 is 0 Å². The molecule has 3 aromatic rings. The second-order valence-electron chi connectivity index (χ2n) is 8.09. The van der Waals surface area contributed by atoms with E-state index in [1.54, 1.807) is 18.2 Å². The number of nitrogens with zero attached hydrogens (tertiary/aromatic N) is 2. The van der Waals surface area contributed by atoms with E-state index in [-0.39, 0.29) is 28.8 Å². The number of aryl methyl sites for hydroxylation is 1. The lowest BCUT2D eigenvalue weighted by Crippen LogP contribution is -2.20. The number of carbonyl (C=O) groups excluding carboxylic acids is 1. The van der Waals surface area contributed by atoms with Crippen LogP contribution in [-0.4, -0.2) is 27.8 Å². The summed E-state index contributed by atoms with van der Waals surface area (Å²) in [5.74, 6) is 6.16. The molecule has 0 atom stereocenters. The first kappa shape index (κ1) is 26.0. The summed E-state index contributed by atoms with van der Waals surface area (Å²) < 4.78 is 38.7. The topological polar surface area (TPSA) is 129 Å². The second-order valence-corrected chi connectivity index (χ2v) is 8.09. The van der Waals surface area contributed by atoms with Crippen LogP contribution in [-0.2, 0) is 6.18 Å². The van der Waals surface area contributed by atoms with Crippen LogP contribution in [0.3, 0.4) is 0 Å². The van der Waals surface area contributed by atoms with Crippen LogP contribution in [0.15, 0.2) is 48.8 Å². The Morgan fingerprint density at radius 2 is 1.78 bits per heavy atom. The third-order valence-corrected chi connectivity index (χ3v) is 4.82. The van der Waals surface area contributed by atoms with Gasteiger partial charge in [-0.1, -0.05) is 18.1 Å². The Balaban J connectivity index is 1.78. The summed E-state index contributed by atoms with van der Waals surface area (Å²) in [5, 5.41) is 16.5. The van der Waals surface area contributed by atoms with Crippen LogP contribution in [0.4, 0.5) is 41.0 Å². The average Bonchev–Trinajstić information content (AvgIpc) is 2.78. The van der Waals surface area contributed by atoms with Gasteiger partial charge in [0, 0.05) is 23.0 Å².